The Kier molecular flexibility index (Phi) is 10.6. The number of non-ortho nitro benzene ring substituents is 2. The van der Waals surface area contributed by atoms with E-state index < -0.39 is 40.0 Å². The van der Waals surface area contributed by atoms with E-state index in [0.29, 0.717) is 23.2 Å². The van der Waals surface area contributed by atoms with Crippen LogP contribution in [0.5, 0.6) is 0 Å². The molecule has 0 saturated carbocycles. The van der Waals surface area contributed by atoms with E-state index >= 15 is 0 Å². The number of benzene rings is 2. The van der Waals surface area contributed by atoms with Crippen molar-refractivity contribution in [3.63, 3.8) is 0 Å². The van der Waals surface area contributed by atoms with Crippen LogP contribution in [0.2, 0.25) is 0 Å². The molecule has 4 aromatic rings. The second-order valence-electron chi connectivity index (χ2n) is 12.2. The third kappa shape index (κ3) is 7.08. The van der Waals surface area contributed by atoms with Crippen LogP contribution in [0.15, 0.2) is 71.8 Å². The summed E-state index contributed by atoms with van der Waals surface area (Å²) in [6.07, 6.45) is 1.93. The summed E-state index contributed by atoms with van der Waals surface area (Å²) in [5, 5.41) is 33.2. The lowest BCUT2D eigenvalue weighted by Crippen LogP contribution is -2.63. The smallest absolute Gasteiger partial charge is 0.456 e. The summed E-state index contributed by atoms with van der Waals surface area (Å²) in [6.45, 7) is 5.55. The first-order chi connectivity index (χ1) is 24.9. The molecule has 1 amide bonds. The number of nitro benzene ring substituents is 2. The highest BCUT2D eigenvalue weighted by atomic mass is 32.2. The van der Waals surface area contributed by atoms with Crippen LogP contribution in [0.25, 0.3) is 10.4 Å². The van der Waals surface area contributed by atoms with Gasteiger partial charge in [-0.3, -0.25) is 25.0 Å². The number of nitro groups is 2. The number of β-lactam (4-membered cyclic amide) rings is 1. The minimum absolute atomic E-state index is 0.0121. The first-order valence-corrected chi connectivity index (χ1v) is 18.1. The van der Waals surface area contributed by atoms with Crippen LogP contribution in [0.3, 0.4) is 0 Å². The first kappa shape index (κ1) is 36.5. The van der Waals surface area contributed by atoms with Gasteiger partial charge in [0, 0.05) is 35.8 Å². The van der Waals surface area contributed by atoms with E-state index in [1.54, 1.807) is 18.7 Å². The zero-order valence-electron chi connectivity index (χ0n) is 28.2. The van der Waals surface area contributed by atoms with Crippen molar-refractivity contribution >= 4 is 62.9 Å². The Morgan fingerprint density at radius 1 is 1.00 bits per heavy atom. The molecule has 16 nitrogen and oxygen atoms in total. The molecule has 2 aromatic carbocycles. The number of amides is 1. The molecule has 2 aliphatic heterocycles. The second kappa shape index (κ2) is 15.1. The highest BCUT2D eigenvalue weighted by Gasteiger charge is 2.60. The van der Waals surface area contributed by atoms with Gasteiger partial charge in [-0.05, 0) is 48.1 Å². The Hall–Kier alpha value is -5.33. The van der Waals surface area contributed by atoms with Gasteiger partial charge in [0.05, 0.1) is 32.8 Å². The van der Waals surface area contributed by atoms with Crippen LogP contribution in [-0.4, -0.2) is 66.8 Å². The summed E-state index contributed by atoms with van der Waals surface area (Å²) in [7, 11) is 0. The normalized spacial score (nSPS) is 18.6. The minimum atomic E-state index is -0.916. The molecule has 0 aliphatic carbocycles. The zero-order valence-corrected chi connectivity index (χ0v) is 29.8. The van der Waals surface area contributed by atoms with Gasteiger partial charge in [0.25, 0.3) is 17.7 Å². The topological polar surface area (TPSA) is 197 Å². The van der Waals surface area contributed by atoms with Crippen molar-refractivity contribution < 1.29 is 48.1 Å². The predicted molar refractivity (Wildman–Crippen MR) is 186 cm³/mol. The number of aliphatic hydroxyl groups excluding tert-OH is 1. The minimum Gasteiger partial charge on any atom is -0.456 e. The van der Waals surface area contributed by atoms with Crippen molar-refractivity contribution in [2.24, 2.45) is 11.8 Å². The molecular formula is C34H34N5O11S2+. The number of thiazole rings is 1. The van der Waals surface area contributed by atoms with Crippen molar-refractivity contribution in [2.45, 2.75) is 57.7 Å². The predicted octanol–water partition coefficient (Wildman–Crippen LogP) is 4.88. The van der Waals surface area contributed by atoms with Crippen molar-refractivity contribution in [3.05, 3.63) is 103 Å². The van der Waals surface area contributed by atoms with Crippen LogP contribution < -0.4 is 4.57 Å². The number of carbonyl (C=O) groups is 3. The standard InChI is InChI=1S/C34H34N5O11S2/c1-4-51-31-32-36(18-35(31)13-14-48-34(43)50-17-22-7-11-24(12-8-22)39(46)47)15-25(52-32)26-19(2)28-27(20(3)40)30(41)37(28)29(26)33(42)49-16-21-5-9-23(10-6-21)38(44)45/h5-12,15,18-20,27-28,40H,4,13-14,16-17H2,1-3H3/q+1/t19-,20+,27+,28+/m0/s1. The van der Waals surface area contributed by atoms with Gasteiger partial charge in [-0.2, -0.15) is 4.40 Å². The first-order valence-electron chi connectivity index (χ1n) is 16.2. The van der Waals surface area contributed by atoms with Gasteiger partial charge in [-0.1, -0.05) is 36.9 Å². The number of ether oxygens (including phenoxy) is 3. The molecule has 1 fully saturated rings. The number of rotatable bonds is 14. The van der Waals surface area contributed by atoms with Gasteiger partial charge in [0.2, 0.25) is 15.8 Å². The van der Waals surface area contributed by atoms with Crippen molar-refractivity contribution in [1.29, 1.82) is 0 Å². The summed E-state index contributed by atoms with van der Waals surface area (Å²) in [5.74, 6) is -1.31. The fourth-order valence-electron chi connectivity index (χ4n) is 6.44. The molecule has 6 rings (SSSR count). The van der Waals surface area contributed by atoms with Crippen LogP contribution in [0, 0.1) is 32.1 Å². The molecule has 2 aromatic heterocycles. The molecule has 0 bridgehead atoms. The Balaban J connectivity index is 1.19. The number of imidazole rings is 1. The van der Waals surface area contributed by atoms with E-state index in [2.05, 4.69) is 0 Å². The van der Waals surface area contributed by atoms with Crippen LogP contribution in [-0.2, 0) is 43.6 Å². The molecule has 1 N–H and O–H groups in total. The number of esters is 1. The van der Waals surface area contributed by atoms with Gasteiger partial charge < -0.3 is 24.2 Å². The van der Waals surface area contributed by atoms with Gasteiger partial charge in [0.1, 0.15) is 38.3 Å². The quantitative estimate of drug-likeness (QED) is 0.0458. The number of fused-ring (bicyclic) bond motifs is 2. The maximum Gasteiger partial charge on any atom is 0.508 e. The monoisotopic (exact) mass is 752 g/mol. The number of aromatic nitrogens is 2. The fourth-order valence-corrected chi connectivity index (χ4v) is 8.72. The summed E-state index contributed by atoms with van der Waals surface area (Å²) >= 11 is 3.02. The molecule has 52 heavy (non-hydrogen) atoms. The fraction of sp³-hybridized carbons (Fsp3) is 0.353. The molecule has 0 spiro atoms. The zero-order chi connectivity index (χ0) is 37.3. The summed E-state index contributed by atoms with van der Waals surface area (Å²) in [5.41, 5.74) is 1.70. The maximum absolute atomic E-state index is 13.7. The molecular weight excluding hydrogens is 719 g/mol. The van der Waals surface area contributed by atoms with Crippen molar-refractivity contribution in [3.8, 4) is 0 Å². The van der Waals surface area contributed by atoms with E-state index in [4.69, 9.17) is 14.2 Å². The number of hydrogen-bond donors (Lipinski definition) is 1. The third-order valence-corrected chi connectivity index (χ3v) is 11.2. The lowest BCUT2D eigenvalue weighted by Gasteiger charge is -2.46. The molecule has 0 unspecified atom stereocenters. The van der Waals surface area contributed by atoms with E-state index in [0.717, 1.165) is 20.5 Å². The Labute approximate surface area is 304 Å². The summed E-state index contributed by atoms with van der Waals surface area (Å²) in [6, 6.07) is 10.9. The van der Waals surface area contributed by atoms with E-state index in [1.165, 1.54) is 64.8 Å². The number of aliphatic hydroxyl groups is 1. The van der Waals surface area contributed by atoms with Gasteiger partial charge in [-0.15, -0.1) is 0 Å². The molecule has 272 valence electrons. The van der Waals surface area contributed by atoms with Gasteiger partial charge in [-0.25, -0.2) is 14.2 Å². The number of hydrogen-bond acceptors (Lipinski definition) is 13. The molecule has 4 atom stereocenters. The van der Waals surface area contributed by atoms with E-state index in [-0.39, 0.29) is 48.7 Å². The van der Waals surface area contributed by atoms with Crippen LogP contribution >= 0.6 is 23.1 Å². The lowest BCUT2D eigenvalue weighted by atomic mass is 9.77. The molecule has 2 aliphatic rings. The largest absolute Gasteiger partial charge is 0.508 e. The van der Waals surface area contributed by atoms with Crippen molar-refractivity contribution in [2.75, 3.05) is 12.4 Å². The summed E-state index contributed by atoms with van der Waals surface area (Å²) in [4.78, 5) is 63.1. The SMILES string of the molecule is CCSc1c2sc(C3=C(C(=O)OCc4ccc([N+](=O)[O-])cc4)N4C(=O)[C@H]([C@@H](C)O)[C@H]4[C@H]3C)cn2c[n+]1CCOC(=O)OCc1ccc([N+](=O)[O-])cc1. The second-order valence-corrected chi connectivity index (χ2v) is 14.5. The van der Waals surface area contributed by atoms with Crippen LogP contribution in [0.4, 0.5) is 16.2 Å². The van der Waals surface area contributed by atoms with E-state index in [1.807, 2.05) is 35.3 Å². The molecule has 18 heteroatoms. The van der Waals surface area contributed by atoms with Gasteiger partial charge >= 0.3 is 12.1 Å². The van der Waals surface area contributed by atoms with Gasteiger partial charge in [0.15, 0.2) is 0 Å². The number of carbonyl (C=O) groups excluding carboxylic acids is 3. The molecule has 1 saturated heterocycles. The van der Waals surface area contributed by atoms with E-state index in [9.17, 15) is 39.7 Å². The number of nitrogens with zero attached hydrogens (tertiary/aromatic N) is 5. The Morgan fingerprint density at radius 2 is 1.60 bits per heavy atom. The summed E-state index contributed by atoms with van der Waals surface area (Å²) < 4.78 is 19.9. The highest BCUT2D eigenvalue weighted by Crippen LogP contribution is 2.52. The van der Waals surface area contributed by atoms with Crippen molar-refractivity contribution in [1.82, 2.24) is 9.30 Å². The maximum atomic E-state index is 13.7. The average molecular weight is 753 g/mol. The van der Waals surface area contributed by atoms with Crippen LogP contribution in [0.1, 0.15) is 36.8 Å². The lowest BCUT2D eigenvalue weighted by molar-refractivity contribution is -0.730. The molecule has 0 radical (unpaired) electrons. The number of thioether (sulfide) groups is 1. The highest BCUT2D eigenvalue weighted by molar-refractivity contribution is 7.99. The Morgan fingerprint density at radius 3 is 2.15 bits per heavy atom. The Bertz CT molecular complexity index is 2070. The molecule has 4 heterocycles. The third-order valence-electron chi connectivity index (χ3n) is 8.89. The average Bonchev–Trinajstić information content (AvgIpc) is 3.74.